The van der Waals surface area contributed by atoms with Crippen LogP contribution in [0, 0.1) is 6.92 Å². The number of hydrogen-bond donors (Lipinski definition) is 1. The van der Waals surface area contributed by atoms with Crippen LogP contribution in [0.2, 0.25) is 0 Å². The fourth-order valence-electron chi connectivity index (χ4n) is 1.52. The molecule has 2 aromatic rings. The van der Waals surface area contributed by atoms with E-state index in [1.165, 1.54) is 0 Å². The third-order valence-corrected chi connectivity index (χ3v) is 3.14. The number of aromatic nitrogens is 1. The average Bonchev–Trinajstić information content (AvgIpc) is 2.77. The van der Waals surface area contributed by atoms with Gasteiger partial charge in [0.2, 0.25) is 0 Å². The molecule has 7 heteroatoms. The highest BCUT2D eigenvalue weighted by Crippen LogP contribution is 2.32. The van der Waals surface area contributed by atoms with Crippen molar-refractivity contribution in [2.75, 3.05) is 5.32 Å². The molecular formula is C12H9F3N2OS. The summed E-state index contributed by atoms with van der Waals surface area (Å²) in [5, 5.41) is 2.43. The molecule has 0 fully saturated rings. The van der Waals surface area contributed by atoms with E-state index >= 15 is 0 Å². The van der Waals surface area contributed by atoms with Gasteiger partial charge in [0.25, 0.3) is 5.91 Å². The van der Waals surface area contributed by atoms with Gasteiger partial charge in [-0.15, -0.1) is 11.3 Å². The van der Waals surface area contributed by atoms with E-state index in [1.807, 2.05) is 13.0 Å². The number of carbonyl (C=O) groups is 1. The molecule has 0 unspecified atom stereocenters. The highest BCUT2D eigenvalue weighted by molar-refractivity contribution is 7.12. The van der Waals surface area contributed by atoms with Crippen molar-refractivity contribution < 1.29 is 18.0 Å². The Morgan fingerprint density at radius 1 is 1.37 bits per heavy atom. The molecule has 0 saturated heterocycles. The fourth-order valence-corrected chi connectivity index (χ4v) is 2.22. The molecule has 1 aromatic carbocycles. The summed E-state index contributed by atoms with van der Waals surface area (Å²) in [5.74, 6) is -0.805. The average molecular weight is 286 g/mol. The molecule has 0 saturated carbocycles. The number of hydrogen-bond acceptors (Lipinski definition) is 3. The Balaban J connectivity index is 2.24. The Bertz CT molecular complexity index is 607. The number of benzene rings is 1. The maximum absolute atomic E-state index is 12.6. The van der Waals surface area contributed by atoms with Gasteiger partial charge in [0.15, 0.2) is 5.69 Å². The van der Waals surface area contributed by atoms with Gasteiger partial charge in [0, 0.05) is 5.69 Å². The number of alkyl halides is 3. The Morgan fingerprint density at radius 2 is 2.11 bits per heavy atom. The molecule has 0 bridgehead atoms. The van der Waals surface area contributed by atoms with Gasteiger partial charge in [-0.1, -0.05) is 12.1 Å². The van der Waals surface area contributed by atoms with E-state index in [-0.39, 0.29) is 0 Å². The van der Waals surface area contributed by atoms with Gasteiger partial charge in [-0.25, -0.2) is 4.98 Å². The highest BCUT2D eigenvalue weighted by atomic mass is 32.1. The van der Waals surface area contributed by atoms with Crippen molar-refractivity contribution >= 4 is 22.9 Å². The number of aryl methyl sites for hydroxylation is 1. The van der Waals surface area contributed by atoms with Gasteiger partial charge in [-0.2, -0.15) is 13.2 Å². The summed E-state index contributed by atoms with van der Waals surface area (Å²) in [4.78, 5) is 14.6. The molecule has 100 valence electrons. The zero-order chi connectivity index (χ0) is 14.0. The van der Waals surface area contributed by atoms with Crippen molar-refractivity contribution in [3.63, 3.8) is 0 Å². The molecule has 3 nitrogen and oxygen atoms in total. The second-order valence-corrected chi connectivity index (χ2v) is 4.71. The molecule has 19 heavy (non-hydrogen) atoms. The Hall–Kier alpha value is -1.89. The number of nitrogens with one attached hydrogen (secondary N) is 1. The molecule has 0 radical (unpaired) electrons. The second kappa shape index (κ2) is 5.00. The van der Waals surface area contributed by atoms with Crippen LogP contribution in [0.15, 0.2) is 29.8 Å². The number of anilines is 1. The second-order valence-electron chi connectivity index (χ2n) is 3.85. The number of carbonyl (C=O) groups excluding carboxylic acids is 1. The maximum Gasteiger partial charge on any atom is 0.434 e. The molecule has 1 N–H and O–H groups in total. The van der Waals surface area contributed by atoms with E-state index in [0.29, 0.717) is 17.0 Å². The molecule has 0 spiro atoms. The van der Waals surface area contributed by atoms with Crippen LogP contribution in [0.25, 0.3) is 0 Å². The number of rotatable bonds is 2. The monoisotopic (exact) mass is 286 g/mol. The zero-order valence-electron chi connectivity index (χ0n) is 9.78. The van der Waals surface area contributed by atoms with Crippen LogP contribution in [0.3, 0.4) is 0 Å². The summed E-state index contributed by atoms with van der Waals surface area (Å²) in [6.45, 7) is 1.82. The van der Waals surface area contributed by atoms with Crippen LogP contribution < -0.4 is 5.32 Å². The molecule has 0 aliphatic rings. The first-order valence-electron chi connectivity index (χ1n) is 5.26. The van der Waals surface area contributed by atoms with Crippen molar-refractivity contribution in [2.45, 2.75) is 13.1 Å². The first-order valence-corrected chi connectivity index (χ1v) is 6.14. The molecular weight excluding hydrogens is 277 g/mol. The maximum atomic E-state index is 12.6. The van der Waals surface area contributed by atoms with Gasteiger partial charge >= 0.3 is 6.18 Å². The Kier molecular flexibility index (Phi) is 3.57. The lowest BCUT2D eigenvalue weighted by atomic mass is 10.2. The number of halogens is 3. The minimum Gasteiger partial charge on any atom is -0.321 e. The van der Waals surface area contributed by atoms with Gasteiger partial charge in [0.1, 0.15) is 4.88 Å². The van der Waals surface area contributed by atoms with E-state index < -0.39 is 22.7 Å². The summed E-state index contributed by atoms with van der Waals surface area (Å²) in [6, 6.07) is 6.82. The van der Waals surface area contributed by atoms with Crippen molar-refractivity contribution in [2.24, 2.45) is 0 Å². The largest absolute Gasteiger partial charge is 0.434 e. The zero-order valence-corrected chi connectivity index (χ0v) is 10.6. The number of thiazole rings is 1. The molecule has 0 atom stereocenters. The van der Waals surface area contributed by atoms with Crippen LogP contribution in [0.1, 0.15) is 20.9 Å². The van der Waals surface area contributed by atoms with Crippen LogP contribution in [-0.4, -0.2) is 10.9 Å². The molecule has 0 aliphatic carbocycles. The van der Waals surface area contributed by atoms with Crippen LogP contribution >= 0.6 is 11.3 Å². The molecule has 1 amide bonds. The van der Waals surface area contributed by atoms with Crippen molar-refractivity contribution in [3.05, 3.63) is 45.9 Å². The van der Waals surface area contributed by atoms with E-state index in [1.54, 1.807) is 18.2 Å². The van der Waals surface area contributed by atoms with Gasteiger partial charge < -0.3 is 5.32 Å². The smallest absolute Gasteiger partial charge is 0.321 e. The number of nitrogens with zero attached hydrogens (tertiary/aromatic N) is 1. The number of amides is 1. The van der Waals surface area contributed by atoms with Crippen LogP contribution in [0.5, 0.6) is 0 Å². The normalized spacial score (nSPS) is 11.4. The first kappa shape index (κ1) is 13.5. The third kappa shape index (κ3) is 3.11. The summed E-state index contributed by atoms with van der Waals surface area (Å²) in [7, 11) is 0. The van der Waals surface area contributed by atoms with Gasteiger partial charge in [-0.05, 0) is 24.6 Å². The SMILES string of the molecule is Cc1cccc(NC(=O)c2scnc2C(F)(F)F)c1. The van der Waals surface area contributed by atoms with Gasteiger partial charge in [0.05, 0.1) is 5.51 Å². The van der Waals surface area contributed by atoms with E-state index in [4.69, 9.17) is 0 Å². The summed E-state index contributed by atoms with van der Waals surface area (Å²) in [5.41, 5.74) is 1.21. The quantitative estimate of drug-likeness (QED) is 0.914. The van der Waals surface area contributed by atoms with Gasteiger partial charge in [-0.3, -0.25) is 4.79 Å². The fraction of sp³-hybridized carbons (Fsp3) is 0.167. The predicted molar refractivity (Wildman–Crippen MR) is 66.2 cm³/mol. The molecule has 1 aromatic heterocycles. The van der Waals surface area contributed by atoms with Crippen molar-refractivity contribution in [3.8, 4) is 0 Å². The lowest BCUT2D eigenvalue weighted by Crippen LogP contribution is -2.17. The van der Waals surface area contributed by atoms with E-state index in [0.717, 1.165) is 11.1 Å². The van der Waals surface area contributed by atoms with E-state index in [2.05, 4.69) is 10.3 Å². The van der Waals surface area contributed by atoms with Crippen LogP contribution in [0.4, 0.5) is 18.9 Å². The summed E-state index contributed by atoms with van der Waals surface area (Å²) < 4.78 is 37.8. The molecule has 2 rings (SSSR count). The Morgan fingerprint density at radius 3 is 2.74 bits per heavy atom. The molecule has 1 heterocycles. The lowest BCUT2D eigenvalue weighted by molar-refractivity contribution is -0.141. The lowest BCUT2D eigenvalue weighted by Gasteiger charge is -2.07. The highest BCUT2D eigenvalue weighted by Gasteiger charge is 2.38. The van der Waals surface area contributed by atoms with Crippen molar-refractivity contribution in [1.82, 2.24) is 4.98 Å². The first-order chi connectivity index (χ1) is 8.88. The van der Waals surface area contributed by atoms with Crippen molar-refractivity contribution in [1.29, 1.82) is 0 Å². The van der Waals surface area contributed by atoms with E-state index in [9.17, 15) is 18.0 Å². The Labute approximate surface area is 111 Å². The summed E-state index contributed by atoms with van der Waals surface area (Å²) >= 11 is 0.665. The third-order valence-electron chi connectivity index (χ3n) is 2.32. The predicted octanol–water partition coefficient (Wildman–Crippen LogP) is 3.72. The summed E-state index contributed by atoms with van der Waals surface area (Å²) in [6.07, 6.45) is -4.63. The topological polar surface area (TPSA) is 42.0 Å². The standard InChI is InChI=1S/C12H9F3N2OS/c1-7-3-2-4-8(5-7)17-11(18)9-10(12(13,14)15)16-6-19-9/h2-6H,1H3,(H,17,18). The minimum atomic E-state index is -4.63. The molecule has 0 aliphatic heterocycles. The minimum absolute atomic E-state index is 0.436. The van der Waals surface area contributed by atoms with Crippen LogP contribution in [-0.2, 0) is 6.18 Å².